The average molecular weight is 274 g/mol. The molecule has 0 fully saturated rings. The van der Waals surface area contributed by atoms with Crippen molar-refractivity contribution in [1.82, 2.24) is 15.1 Å². The van der Waals surface area contributed by atoms with Crippen LogP contribution < -0.4 is 5.32 Å². The highest BCUT2D eigenvalue weighted by atomic mass is 35.5. The maximum atomic E-state index is 6.28. The minimum absolute atomic E-state index is 0.0254. The van der Waals surface area contributed by atoms with E-state index in [-0.39, 0.29) is 11.6 Å². The van der Waals surface area contributed by atoms with Crippen molar-refractivity contribution in [2.75, 3.05) is 13.7 Å². The van der Waals surface area contributed by atoms with E-state index in [1.54, 1.807) is 13.3 Å². The molecule has 5 heteroatoms. The molecule has 104 valence electrons. The number of hydrogen-bond donors (Lipinski definition) is 1. The van der Waals surface area contributed by atoms with Gasteiger partial charge in [-0.3, -0.25) is 4.68 Å². The van der Waals surface area contributed by atoms with Crippen LogP contribution in [0.2, 0.25) is 5.02 Å². The van der Waals surface area contributed by atoms with Gasteiger partial charge in [-0.1, -0.05) is 18.5 Å². The van der Waals surface area contributed by atoms with Gasteiger partial charge < -0.3 is 10.1 Å². The molecule has 1 rings (SSSR count). The summed E-state index contributed by atoms with van der Waals surface area (Å²) in [6.07, 6.45) is 2.76. The number of aromatic nitrogens is 2. The summed E-state index contributed by atoms with van der Waals surface area (Å²) >= 11 is 6.28. The van der Waals surface area contributed by atoms with E-state index < -0.39 is 0 Å². The molecule has 18 heavy (non-hydrogen) atoms. The number of rotatable bonds is 7. The third-order valence-corrected chi connectivity index (χ3v) is 3.52. The molecule has 1 aromatic heterocycles. The number of hydrogen-bond acceptors (Lipinski definition) is 3. The topological polar surface area (TPSA) is 39.1 Å². The molecular formula is C13H24ClN3O. The van der Waals surface area contributed by atoms with Gasteiger partial charge in [0, 0.05) is 13.7 Å². The average Bonchev–Trinajstić information content (AvgIpc) is 2.71. The van der Waals surface area contributed by atoms with Gasteiger partial charge in [-0.05, 0) is 33.7 Å². The number of nitrogens with zero attached hydrogens (tertiary/aromatic N) is 2. The van der Waals surface area contributed by atoms with Crippen LogP contribution in [0.5, 0.6) is 0 Å². The second-order valence-corrected chi connectivity index (χ2v) is 5.30. The fourth-order valence-electron chi connectivity index (χ4n) is 1.99. The van der Waals surface area contributed by atoms with Gasteiger partial charge in [0.2, 0.25) is 0 Å². The molecule has 0 aliphatic rings. The number of nitrogens with one attached hydrogen (secondary N) is 1. The Kier molecular flexibility index (Phi) is 5.63. The predicted molar refractivity (Wildman–Crippen MR) is 75.0 cm³/mol. The molecule has 1 aromatic rings. The molecule has 0 saturated carbocycles. The van der Waals surface area contributed by atoms with Gasteiger partial charge in [0.15, 0.2) is 0 Å². The molecule has 0 radical (unpaired) electrons. The van der Waals surface area contributed by atoms with Gasteiger partial charge in [0.25, 0.3) is 0 Å². The summed E-state index contributed by atoms with van der Waals surface area (Å²) in [5.41, 5.74) is 0.658. The summed E-state index contributed by atoms with van der Waals surface area (Å²) in [5, 5.41) is 8.50. The summed E-state index contributed by atoms with van der Waals surface area (Å²) in [5.74, 6) is 0. The Morgan fingerprint density at radius 1 is 1.50 bits per heavy atom. The Labute approximate surface area is 115 Å². The van der Waals surface area contributed by atoms with Crippen molar-refractivity contribution in [2.24, 2.45) is 0 Å². The zero-order valence-electron chi connectivity index (χ0n) is 12.0. The maximum absolute atomic E-state index is 6.28. The lowest BCUT2D eigenvalue weighted by atomic mass is 9.95. The molecule has 0 aromatic carbocycles. The van der Waals surface area contributed by atoms with E-state index in [2.05, 4.69) is 38.1 Å². The predicted octanol–water partition coefficient (Wildman–Crippen LogP) is 3.02. The first-order valence-corrected chi connectivity index (χ1v) is 6.85. The Bertz CT molecular complexity index is 376. The van der Waals surface area contributed by atoms with Crippen molar-refractivity contribution in [3.05, 3.63) is 16.9 Å². The van der Waals surface area contributed by atoms with Crippen LogP contribution in [-0.2, 0) is 11.3 Å². The van der Waals surface area contributed by atoms with Crippen molar-refractivity contribution >= 4 is 11.6 Å². The first-order valence-electron chi connectivity index (χ1n) is 6.47. The fraction of sp³-hybridized carbons (Fsp3) is 0.769. The number of halogens is 1. The smallest absolute Gasteiger partial charge is 0.0835 e. The molecule has 1 N–H and O–H groups in total. The van der Waals surface area contributed by atoms with Crippen LogP contribution >= 0.6 is 11.6 Å². The van der Waals surface area contributed by atoms with Crippen LogP contribution in [0.25, 0.3) is 0 Å². The molecule has 0 aliphatic heterocycles. The molecule has 1 heterocycles. The summed E-state index contributed by atoms with van der Waals surface area (Å²) < 4.78 is 7.54. The molecule has 0 aliphatic carbocycles. The van der Waals surface area contributed by atoms with Gasteiger partial charge >= 0.3 is 0 Å². The Morgan fingerprint density at radius 3 is 2.67 bits per heavy atom. The van der Waals surface area contributed by atoms with E-state index in [4.69, 9.17) is 16.3 Å². The summed E-state index contributed by atoms with van der Waals surface area (Å²) in [6, 6.07) is 0.0254. The van der Waals surface area contributed by atoms with Gasteiger partial charge in [-0.2, -0.15) is 5.10 Å². The molecule has 1 atom stereocenters. The van der Waals surface area contributed by atoms with Gasteiger partial charge in [0.05, 0.1) is 28.6 Å². The quantitative estimate of drug-likeness (QED) is 0.830. The molecule has 0 bridgehead atoms. The number of ether oxygens (including phenoxy) is 1. The lowest BCUT2D eigenvalue weighted by molar-refractivity contribution is -0.0134. The summed E-state index contributed by atoms with van der Waals surface area (Å²) in [4.78, 5) is 0. The SMILES string of the molecule is CCCNC(c1c(Cl)cnn1CC)C(C)(C)OC. The van der Waals surface area contributed by atoms with Crippen LogP contribution in [0.4, 0.5) is 0 Å². The lowest BCUT2D eigenvalue weighted by Gasteiger charge is -2.34. The first kappa shape index (κ1) is 15.5. The van der Waals surface area contributed by atoms with E-state index in [1.165, 1.54) is 0 Å². The normalized spacial score (nSPS) is 13.9. The Balaban J connectivity index is 3.12. The summed E-state index contributed by atoms with van der Waals surface area (Å²) in [6.45, 7) is 10.0. The second kappa shape index (κ2) is 6.55. The minimum Gasteiger partial charge on any atom is -0.377 e. The molecule has 0 saturated heterocycles. The van der Waals surface area contributed by atoms with Crippen LogP contribution in [-0.4, -0.2) is 29.0 Å². The zero-order chi connectivity index (χ0) is 13.8. The van der Waals surface area contributed by atoms with Crippen LogP contribution in [0, 0.1) is 0 Å². The lowest BCUT2D eigenvalue weighted by Crippen LogP contribution is -2.42. The summed E-state index contributed by atoms with van der Waals surface area (Å²) in [7, 11) is 1.72. The van der Waals surface area contributed by atoms with Crippen molar-refractivity contribution in [3.63, 3.8) is 0 Å². The Hall–Kier alpha value is -0.580. The molecular weight excluding hydrogens is 250 g/mol. The highest BCUT2D eigenvalue weighted by Crippen LogP contribution is 2.32. The zero-order valence-corrected chi connectivity index (χ0v) is 12.7. The van der Waals surface area contributed by atoms with E-state index in [1.807, 2.05) is 4.68 Å². The van der Waals surface area contributed by atoms with Gasteiger partial charge in [-0.25, -0.2) is 0 Å². The van der Waals surface area contributed by atoms with Crippen LogP contribution in [0.1, 0.15) is 45.9 Å². The maximum Gasteiger partial charge on any atom is 0.0835 e. The van der Waals surface area contributed by atoms with E-state index in [0.29, 0.717) is 5.02 Å². The highest BCUT2D eigenvalue weighted by Gasteiger charge is 2.34. The van der Waals surface area contributed by atoms with Crippen molar-refractivity contribution < 1.29 is 4.74 Å². The number of methoxy groups -OCH3 is 1. The van der Waals surface area contributed by atoms with Crippen molar-refractivity contribution in [2.45, 2.75) is 52.3 Å². The number of aryl methyl sites for hydroxylation is 1. The highest BCUT2D eigenvalue weighted by molar-refractivity contribution is 6.31. The molecule has 0 amide bonds. The minimum atomic E-state index is -0.342. The van der Waals surface area contributed by atoms with E-state index >= 15 is 0 Å². The van der Waals surface area contributed by atoms with Crippen LogP contribution in [0.3, 0.4) is 0 Å². The van der Waals surface area contributed by atoms with Gasteiger partial charge in [0.1, 0.15) is 0 Å². The third-order valence-electron chi connectivity index (χ3n) is 3.23. The first-order chi connectivity index (χ1) is 8.47. The third kappa shape index (κ3) is 3.25. The molecule has 4 nitrogen and oxygen atoms in total. The fourth-order valence-corrected chi connectivity index (χ4v) is 2.24. The van der Waals surface area contributed by atoms with Gasteiger partial charge in [-0.15, -0.1) is 0 Å². The Morgan fingerprint density at radius 2 is 2.17 bits per heavy atom. The van der Waals surface area contributed by atoms with Crippen molar-refractivity contribution in [1.29, 1.82) is 0 Å². The van der Waals surface area contributed by atoms with Crippen molar-refractivity contribution in [3.8, 4) is 0 Å². The van der Waals surface area contributed by atoms with Crippen LogP contribution in [0.15, 0.2) is 6.20 Å². The molecule has 0 spiro atoms. The van der Waals surface area contributed by atoms with E-state index in [0.717, 1.165) is 25.2 Å². The second-order valence-electron chi connectivity index (χ2n) is 4.89. The van der Waals surface area contributed by atoms with E-state index in [9.17, 15) is 0 Å². The standard InChI is InChI=1S/C13H24ClN3O/c1-6-8-15-12(13(3,4)18-5)11-10(14)9-16-17(11)7-2/h9,12,15H,6-8H2,1-5H3. The largest absolute Gasteiger partial charge is 0.377 e. The molecule has 1 unspecified atom stereocenters. The monoisotopic (exact) mass is 273 g/mol.